The second kappa shape index (κ2) is 10.6. The minimum absolute atomic E-state index is 0.819. The van der Waals surface area contributed by atoms with Crippen LogP contribution in [-0.4, -0.2) is 15.4 Å². The predicted octanol–water partition coefficient (Wildman–Crippen LogP) is 7.32. The van der Waals surface area contributed by atoms with Crippen molar-refractivity contribution in [2.45, 2.75) is 25.7 Å². The van der Waals surface area contributed by atoms with Crippen LogP contribution in [0.1, 0.15) is 44.5 Å². The van der Waals surface area contributed by atoms with Crippen LogP contribution in [-0.2, 0) is 25.7 Å². The van der Waals surface area contributed by atoms with E-state index in [2.05, 4.69) is 127 Å². The van der Waals surface area contributed by atoms with Gasteiger partial charge in [0.15, 0.2) is 0 Å². The molecule has 0 radical (unpaired) electrons. The van der Waals surface area contributed by atoms with Crippen molar-refractivity contribution in [2.75, 3.05) is 0 Å². The molecule has 0 amide bonds. The highest BCUT2D eigenvalue weighted by Crippen LogP contribution is 2.35. The van der Waals surface area contributed by atoms with Gasteiger partial charge in [0.1, 0.15) is 11.0 Å². The van der Waals surface area contributed by atoms with E-state index in [9.17, 15) is 0 Å². The van der Waals surface area contributed by atoms with Gasteiger partial charge in [-0.2, -0.15) is 15.4 Å². The molecule has 0 aliphatic heterocycles. The van der Waals surface area contributed by atoms with E-state index in [-0.39, 0.29) is 0 Å². The lowest BCUT2D eigenvalue weighted by Gasteiger charge is -2.21. The fraction of sp³-hybridized carbons (Fsp3) is 0.118. The Kier molecular flexibility index (Phi) is 6.59. The molecule has 0 saturated heterocycles. The Balaban J connectivity index is 1.61. The number of benzene rings is 5. The molecule has 3 nitrogen and oxygen atoms in total. The zero-order chi connectivity index (χ0) is 24.9. The van der Waals surface area contributed by atoms with Gasteiger partial charge >= 0.3 is 0 Å². The maximum absolute atomic E-state index is 4.73. The smallest absolute Gasteiger partial charge is 0.117 e. The maximum Gasteiger partial charge on any atom is 0.117 e. The zero-order valence-corrected chi connectivity index (χ0v) is 20.8. The molecule has 6 aromatic rings. The molecule has 0 atom stereocenters. The molecule has 0 aliphatic carbocycles. The summed E-state index contributed by atoms with van der Waals surface area (Å²) in [5.74, 6) is 0. The lowest BCUT2D eigenvalue weighted by Crippen LogP contribution is -2.10. The van der Waals surface area contributed by atoms with Crippen molar-refractivity contribution < 1.29 is 0 Å². The molecule has 0 saturated carbocycles. The van der Waals surface area contributed by atoms with Crippen molar-refractivity contribution in [3.05, 3.63) is 166 Å². The SMILES string of the molecule is c1ccc(Cc2c(Cc3ccccc3)c(Cc3ccccc3)c3n[nH]nc3c2Cc2ccccc2)cc1. The lowest BCUT2D eigenvalue weighted by atomic mass is 9.83. The number of aromatic amines is 1. The van der Waals surface area contributed by atoms with Crippen LogP contribution >= 0.6 is 0 Å². The van der Waals surface area contributed by atoms with Crippen molar-refractivity contribution in [3.8, 4) is 0 Å². The van der Waals surface area contributed by atoms with Crippen LogP contribution in [0.25, 0.3) is 11.0 Å². The van der Waals surface area contributed by atoms with E-state index in [0.717, 1.165) is 36.7 Å². The van der Waals surface area contributed by atoms with E-state index < -0.39 is 0 Å². The Morgan fingerprint density at radius 1 is 0.351 bits per heavy atom. The van der Waals surface area contributed by atoms with E-state index in [1.54, 1.807) is 0 Å². The first-order valence-corrected chi connectivity index (χ1v) is 12.9. The largest absolute Gasteiger partial charge is 0.197 e. The number of nitrogens with zero attached hydrogens (tertiary/aromatic N) is 2. The summed E-state index contributed by atoms with van der Waals surface area (Å²) < 4.78 is 0. The Hall–Kier alpha value is -4.50. The second-order valence-electron chi connectivity index (χ2n) is 9.58. The van der Waals surface area contributed by atoms with Crippen LogP contribution in [0.2, 0.25) is 0 Å². The summed E-state index contributed by atoms with van der Waals surface area (Å²) in [4.78, 5) is 0. The first kappa shape index (κ1) is 22.9. The second-order valence-corrected chi connectivity index (χ2v) is 9.58. The molecule has 0 bridgehead atoms. The fourth-order valence-electron chi connectivity index (χ4n) is 5.31. The highest BCUT2D eigenvalue weighted by atomic mass is 15.3. The molecule has 1 aromatic heterocycles. The van der Waals surface area contributed by atoms with Gasteiger partial charge in [-0.05, 0) is 57.3 Å². The van der Waals surface area contributed by atoms with Crippen LogP contribution in [0, 0.1) is 0 Å². The summed E-state index contributed by atoms with van der Waals surface area (Å²) in [6.45, 7) is 0. The number of hydrogen-bond donors (Lipinski definition) is 1. The van der Waals surface area contributed by atoms with Crippen molar-refractivity contribution in [1.29, 1.82) is 0 Å². The number of rotatable bonds is 8. The molecule has 1 heterocycles. The van der Waals surface area contributed by atoms with Gasteiger partial charge in [0.2, 0.25) is 0 Å². The zero-order valence-electron chi connectivity index (χ0n) is 20.8. The summed E-state index contributed by atoms with van der Waals surface area (Å²) in [5.41, 5.74) is 12.4. The highest BCUT2D eigenvalue weighted by molar-refractivity contribution is 5.85. The molecule has 6 rings (SSSR count). The molecule has 0 unspecified atom stereocenters. The molecule has 5 aromatic carbocycles. The first-order chi connectivity index (χ1) is 18.3. The molecule has 0 aliphatic rings. The van der Waals surface area contributed by atoms with Crippen LogP contribution in [0.4, 0.5) is 0 Å². The minimum Gasteiger partial charge on any atom is -0.197 e. The van der Waals surface area contributed by atoms with Crippen molar-refractivity contribution in [3.63, 3.8) is 0 Å². The van der Waals surface area contributed by atoms with E-state index in [4.69, 9.17) is 10.2 Å². The van der Waals surface area contributed by atoms with Crippen LogP contribution in [0.3, 0.4) is 0 Å². The molecule has 0 spiro atoms. The molecule has 180 valence electrons. The number of hydrogen-bond acceptors (Lipinski definition) is 2. The molecule has 1 N–H and O–H groups in total. The summed E-state index contributed by atoms with van der Waals surface area (Å²) in [7, 11) is 0. The maximum atomic E-state index is 4.73. The average molecular weight is 480 g/mol. The Bertz CT molecular complexity index is 1470. The third kappa shape index (κ3) is 5.07. The number of aromatic nitrogens is 3. The van der Waals surface area contributed by atoms with Gasteiger partial charge in [-0.1, -0.05) is 121 Å². The summed E-state index contributed by atoms with van der Waals surface area (Å²) >= 11 is 0. The Labute approximate surface area is 217 Å². The van der Waals surface area contributed by atoms with Gasteiger partial charge in [-0.3, -0.25) is 0 Å². The normalized spacial score (nSPS) is 11.1. The van der Waals surface area contributed by atoms with Crippen molar-refractivity contribution in [1.82, 2.24) is 15.4 Å². The molecular formula is C34H29N3. The van der Waals surface area contributed by atoms with E-state index in [1.165, 1.54) is 44.5 Å². The summed E-state index contributed by atoms with van der Waals surface area (Å²) in [6.07, 6.45) is 3.35. The third-order valence-electron chi connectivity index (χ3n) is 7.11. The lowest BCUT2D eigenvalue weighted by molar-refractivity contribution is 0.954. The number of H-pyrrole nitrogens is 1. The quantitative estimate of drug-likeness (QED) is 0.248. The van der Waals surface area contributed by atoms with Gasteiger partial charge in [-0.25, -0.2) is 0 Å². The van der Waals surface area contributed by atoms with Gasteiger partial charge < -0.3 is 0 Å². The minimum atomic E-state index is 0.819. The highest BCUT2D eigenvalue weighted by Gasteiger charge is 2.23. The number of nitrogens with one attached hydrogen (secondary N) is 1. The van der Waals surface area contributed by atoms with Gasteiger partial charge in [0.05, 0.1) is 0 Å². The molecule has 0 fully saturated rings. The number of fused-ring (bicyclic) bond motifs is 1. The van der Waals surface area contributed by atoms with Crippen molar-refractivity contribution in [2.24, 2.45) is 0 Å². The standard InChI is InChI=1S/C34H29N3/c1-5-13-25(14-6-1)21-29-30(22-26-15-7-2-8-16-26)32(24-28-19-11-4-12-20-28)34-33(35-37-36-34)31(29)23-27-17-9-3-10-18-27/h1-20H,21-24H2,(H,35,36,37). The molecule has 3 heteroatoms. The van der Waals surface area contributed by atoms with E-state index in [0.29, 0.717) is 0 Å². The average Bonchev–Trinajstić information content (AvgIpc) is 3.45. The van der Waals surface area contributed by atoms with Crippen LogP contribution in [0.15, 0.2) is 121 Å². The fourth-order valence-corrected chi connectivity index (χ4v) is 5.31. The molecule has 37 heavy (non-hydrogen) atoms. The Morgan fingerprint density at radius 3 is 0.919 bits per heavy atom. The molecular weight excluding hydrogens is 450 g/mol. The summed E-state index contributed by atoms with van der Waals surface area (Å²) in [5, 5.41) is 12.4. The van der Waals surface area contributed by atoms with E-state index >= 15 is 0 Å². The monoisotopic (exact) mass is 479 g/mol. The Morgan fingerprint density at radius 2 is 0.622 bits per heavy atom. The summed E-state index contributed by atoms with van der Waals surface area (Å²) in [6, 6.07) is 43.0. The van der Waals surface area contributed by atoms with Gasteiger partial charge in [-0.15, -0.1) is 0 Å². The van der Waals surface area contributed by atoms with Crippen LogP contribution in [0.5, 0.6) is 0 Å². The topological polar surface area (TPSA) is 41.6 Å². The van der Waals surface area contributed by atoms with E-state index in [1.807, 2.05) is 0 Å². The third-order valence-corrected chi connectivity index (χ3v) is 7.11. The van der Waals surface area contributed by atoms with Gasteiger partial charge in [0.25, 0.3) is 0 Å². The first-order valence-electron chi connectivity index (χ1n) is 12.9. The predicted molar refractivity (Wildman–Crippen MR) is 151 cm³/mol. The van der Waals surface area contributed by atoms with Crippen molar-refractivity contribution >= 4 is 11.0 Å². The van der Waals surface area contributed by atoms with Crippen LogP contribution < -0.4 is 0 Å². The van der Waals surface area contributed by atoms with Gasteiger partial charge in [0, 0.05) is 12.8 Å².